The van der Waals surface area contributed by atoms with Crippen LogP contribution in [0, 0.1) is 5.41 Å². The number of amides is 1. The summed E-state index contributed by atoms with van der Waals surface area (Å²) in [6.45, 7) is 0. The van der Waals surface area contributed by atoms with Gasteiger partial charge in [0.2, 0.25) is 0 Å². The van der Waals surface area contributed by atoms with Crippen molar-refractivity contribution in [2.45, 2.75) is 0 Å². The first-order valence-electron chi connectivity index (χ1n) is 3.49. The molecule has 1 aromatic carbocycles. The third kappa shape index (κ3) is 1.12. The summed E-state index contributed by atoms with van der Waals surface area (Å²) in [5.74, 6) is -0.361. The molecule has 0 saturated heterocycles. The molecule has 2 N–H and O–H groups in total. The van der Waals surface area contributed by atoms with Gasteiger partial charge in [0.05, 0.1) is 15.6 Å². The van der Waals surface area contributed by atoms with Gasteiger partial charge in [-0.1, -0.05) is 23.2 Å². The summed E-state index contributed by atoms with van der Waals surface area (Å²) in [6.07, 6.45) is 0. The first kappa shape index (κ1) is 8.53. The fraction of sp³-hybridized carbons (Fsp3) is 0. The summed E-state index contributed by atoms with van der Waals surface area (Å²) in [6, 6.07) is 3.11. The molecule has 2 rings (SSSR count). The first-order chi connectivity index (χ1) is 6.11. The van der Waals surface area contributed by atoms with Crippen LogP contribution in [0.5, 0.6) is 0 Å². The monoisotopic (exact) mass is 214 g/mol. The van der Waals surface area contributed by atoms with E-state index >= 15 is 0 Å². The molecule has 66 valence electrons. The van der Waals surface area contributed by atoms with Gasteiger partial charge >= 0.3 is 0 Å². The van der Waals surface area contributed by atoms with E-state index < -0.39 is 0 Å². The highest BCUT2D eigenvalue weighted by atomic mass is 35.5. The van der Waals surface area contributed by atoms with Crippen molar-refractivity contribution in [3.05, 3.63) is 33.3 Å². The predicted octanol–water partition coefficient (Wildman–Crippen LogP) is 2.06. The molecule has 0 radical (unpaired) electrons. The zero-order valence-electron chi connectivity index (χ0n) is 6.32. The molecule has 0 saturated carbocycles. The lowest BCUT2D eigenvalue weighted by Crippen LogP contribution is -2.20. The van der Waals surface area contributed by atoms with Crippen molar-refractivity contribution in [1.29, 1.82) is 5.41 Å². The Hall–Kier alpha value is -1.06. The number of rotatable bonds is 0. The van der Waals surface area contributed by atoms with Crippen LogP contribution in [0.1, 0.15) is 15.9 Å². The van der Waals surface area contributed by atoms with Crippen LogP contribution in [0.15, 0.2) is 12.1 Å². The SMILES string of the molecule is N=C1NC(=O)c2c(Cl)ccc(Cl)c21. The Balaban J connectivity index is 2.81. The number of carbonyl (C=O) groups is 1. The quantitative estimate of drug-likeness (QED) is 0.683. The molecule has 1 aromatic rings. The summed E-state index contributed by atoms with van der Waals surface area (Å²) in [5.41, 5.74) is 0.679. The zero-order chi connectivity index (χ0) is 9.59. The van der Waals surface area contributed by atoms with Crippen LogP contribution < -0.4 is 5.32 Å². The molecule has 0 atom stereocenters. The van der Waals surface area contributed by atoms with Crippen molar-refractivity contribution in [3.8, 4) is 0 Å². The van der Waals surface area contributed by atoms with Crippen LogP contribution in [0.4, 0.5) is 0 Å². The molecule has 0 unspecified atom stereocenters. The highest BCUT2D eigenvalue weighted by Gasteiger charge is 2.28. The van der Waals surface area contributed by atoms with Gasteiger partial charge in [-0.05, 0) is 12.1 Å². The number of hydrogen-bond acceptors (Lipinski definition) is 2. The van der Waals surface area contributed by atoms with E-state index in [1.165, 1.54) is 0 Å². The van der Waals surface area contributed by atoms with E-state index in [2.05, 4.69) is 5.32 Å². The fourth-order valence-corrected chi connectivity index (χ4v) is 1.75. The van der Waals surface area contributed by atoms with E-state index in [0.29, 0.717) is 21.2 Å². The molecule has 0 fully saturated rings. The van der Waals surface area contributed by atoms with Crippen LogP contribution >= 0.6 is 23.2 Å². The van der Waals surface area contributed by atoms with Crippen molar-refractivity contribution in [2.75, 3.05) is 0 Å². The summed E-state index contributed by atoms with van der Waals surface area (Å²) >= 11 is 11.6. The van der Waals surface area contributed by atoms with Gasteiger partial charge in [-0.15, -0.1) is 0 Å². The Morgan fingerprint density at radius 1 is 1.15 bits per heavy atom. The van der Waals surface area contributed by atoms with Gasteiger partial charge in [-0.25, -0.2) is 0 Å². The molecular formula is C8H4Cl2N2O. The van der Waals surface area contributed by atoms with Gasteiger partial charge in [0.25, 0.3) is 5.91 Å². The fourth-order valence-electron chi connectivity index (χ4n) is 1.26. The lowest BCUT2D eigenvalue weighted by Gasteiger charge is -1.99. The molecule has 0 aromatic heterocycles. The average Bonchev–Trinajstić information content (AvgIpc) is 2.36. The summed E-state index contributed by atoms with van der Waals surface area (Å²) in [7, 11) is 0. The number of fused-ring (bicyclic) bond motifs is 1. The van der Waals surface area contributed by atoms with E-state index in [1.807, 2.05) is 0 Å². The minimum Gasteiger partial charge on any atom is -0.306 e. The summed E-state index contributed by atoms with van der Waals surface area (Å²) in [4.78, 5) is 11.3. The molecular weight excluding hydrogens is 211 g/mol. The minimum absolute atomic E-state index is 0.00694. The van der Waals surface area contributed by atoms with Crippen molar-refractivity contribution in [1.82, 2.24) is 5.32 Å². The van der Waals surface area contributed by atoms with E-state index in [9.17, 15) is 4.79 Å². The first-order valence-corrected chi connectivity index (χ1v) is 4.25. The van der Waals surface area contributed by atoms with Crippen LogP contribution in [-0.4, -0.2) is 11.7 Å². The third-order valence-corrected chi connectivity index (χ3v) is 2.45. The van der Waals surface area contributed by atoms with Crippen LogP contribution in [0.2, 0.25) is 10.0 Å². The van der Waals surface area contributed by atoms with Gasteiger partial charge in [0.1, 0.15) is 5.84 Å². The van der Waals surface area contributed by atoms with Crippen LogP contribution in [-0.2, 0) is 0 Å². The standard InChI is InChI=1S/C8H4Cl2N2O/c9-3-1-2-4(10)6-5(3)7(11)12-8(6)13/h1-2H,(H2,11,12,13). The van der Waals surface area contributed by atoms with E-state index in [4.69, 9.17) is 28.6 Å². The molecule has 1 aliphatic rings. The Bertz CT molecular complexity index is 389. The smallest absolute Gasteiger partial charge is 0.259 e. The highest BCUT2D eigenvalue weighted by molar-refractivity contribution is 6.42. The van der Waals surface area contributed by atoms with Crippen LogP contribution in [0.3, 0.4) is 0 Å². The molecule has 0 bridgehead atoms. The maximum absolute atomic E-state index is 11.3. The lowest BCUT2D eigenvalue weighted by molar-refractivity contribution is 0.0983. The van der Waals surface area contributed by atoms with Crippen LogP contribution in [0.25, 0.3) is 0 Å². The molecule has 3 nitrogen and oxygen atoms in total. The topological polar surface area (TPSA) is 53.0 Å². The van der Waals surface area contributed by atoms with Crippen molar-refractivity contribution < 1.29 is 4.79 Å². The molecule has 1 amide bonds. The van der Waals surface area contributed by atoms with E-state index in [0.717, 1.165) is 0 Å². The normalized spacial score (nSPS) is 14.3. The Morgan fingerprint density at radius 2 is 1.69 bits per heavy atom. The van der Waals surface area contributed by atoms with Gasteiger partial charge in [-0.3, -0.25) is 10.2 Å². The maximum Gasteiger partial charge on any atom is 0.259 e. The largest absolute Gasteiger partial charge is 0.306 e. The number of carbonyl (C=O) groups excluding carboxylic acids is 1. The summed E-state index contributed by atoms with van der Waals surface area (Å²) < 4.78 is 0. The third-order valence-electron chi connectivity index (χ3n) is 1.82. The minimum atomic E-state index is -0.368. The van der Waals surface area contributed by atoms with Gasteiger partial charge in [0, 0.05) is 5.56 Å². The second kappa shape index (κ2) is 2.72. The second-order valence-corrected chi connectivity index (χ2v) is 3.42. The van der Waals surface area contributed by atoms with E-state index in [1.54, 1.807) is 12.1 Å². The Morgan fingerprint density at radius 3 is 2.23 bits per heavy atom. The molecule has 1 aliphatic heterocycles. The Labute approximate surface area is 84.2 Å². The zero-order valence-corrected chi connectivity index (χ0v) is 7.83. The van der Waals surface area contributed by atoms with Gasteiger partial charge in [0.15, 0.2) is 0 Å². The lowest BCUT2D eigenvalue weighted by atomic mass is 10.1. The number of hydrogen-bond donors (Lipinski definition) is 2. The number of halogens is 2. The number of nitrogens with one attached hydrogen (secondary N) is 2. The molecule has 0 spiro atoms. The average molecular weight is 215 g/mol. The van der Waals surface area contributed by atoms with E-state index in [-0.39, 0.29) is 11.7 Å². The summed E-state index contributed by atoms with van der Waals surface area (Å²) in [5, 5.41) is 10.4. The molecule has 1 heterocycles. The van der Waals surface area contributed by atoms with Gasteiger partial charge in [-0.2, -0.15) is 0 Å². The molecule has 5 heteroatoms. The molecule has 13 heavy (non-hydrogen) atoms. The molecule has 0 aliphatic carbocycles. The number of benzene rings is 1. The van der Waals surface area contributed by atoms with Crippen molar-refractivity contribution >= 4 is 34.9 Å². The maximum atomic E-state index is 11.3. The van der Waals surface area contributed by atoms with Gasteiger partial charge < -0.3 is 5.32 Å². The second-order valence-electron chi connectivity index (χ2n) is 2.61. The highest BCUT2D eigenvalue weighted by Crippen LogP contribution is 2.29. The van der Waals surface area contributed by atoms with Crippen molar-refractivity contribution in [2.24, 2.45) is 0 Å². The number of amidine groups is 1. The van der Waals surface area contributed by atoms with Crippen molar-refractivity contribution in [3.63, 3.8) is 0 Å². The predicted molar refractivity (Wildman–Crippen MR) is 50.8 cm³/mol. The Kier molecular flexibility index (Phi) is 1.78.